The van der Waals surface area contributed by atoms with E-state index in [1.165, 1.54) is 10.6 Å². The molecule has 3 aromatic rings. The summed E-state index contributed by atoms with van der Waals surface area (Å²) in [5.41, 5.74) is 2.57. The van der Waals surface area contributed by atoms with Gasteiger partial charge in [-0.15, -0.1) is 0 Å². The Morgan fingerprint density at radius 1 is 1.24 bits per heavy atom. The van der Waals surface area contributed by atoms with Crippen molar-refractivity contribution in [2.45, 2.75) is 20.0 Å². The second-order valence-electron chi connectivity index (χ2n) is 5.99. The van der Waals surface area contributed by atoms with Gasteiger partial charge in [0.05, 0.1) is 12.0 Å². The quantitative estimate of drug-likeness (QED) is 0.649. The van der Waals surface area contributed by atoms with E-state index in [2.05, 4.69) is 20.6 Å². The standard InChI is InChI=1S/C18H17N5O2/c1-11-5-3-6-13(9-11)20-17-21-16(14-7-4-8-25-14)23-15(24)10-12(2)19-18(23)22-17/h3-10,16H,1-2H3,(H2,19,20,21,22)/p+1/t16-/m0/s1. The van der Waals surface area contributed by atoms with Gasteiger partial charge >= 0.3 is 5.96 Å². The number of fused-ring (bicyclic) bond motifs is 1. The topological polar surface area (TPSA) is 86.1 Å². The highest BCUT2D eigenvalue weighted by atomic mass is 16.3. The zero-order valence-corrected chi connectivity index (χ0v) is 13.9. The zero-order chi connectivity index (χ0) is 17.4. The lowest BCUT2D eigenvalue weighted by Crippen LogP contribution is -2.82. The Morgan fingerprint density at radius 2 is 2.12 bits per heavy atom. The Balaban J connectivity index is 1.78. The summed E-state index contributed by atoms with van der Waals surface area (Å²) in [4.78, 5) is 20.2. The van der Waals surface area contributed by atoms with Gasteiger partial charge < -0.3 is 4.42 Å². The van der Waals surface area contributed by atoms with E-state index in [1.807, 2.05) is 37.3 Å². The van der Waals surface area contributed by atoms with E-state index in [0.29, 0.717) is 23.4 Å². The van der Waals surface area contributed by atoms with Crippen molar-refractivity contribution in [1.29, 1.82) is 0 Å². The third-order valence-electron chi connectivity index (χ3n) is 3.96. The SMILES string of the molecule is Cc1cccc(NC2=[NH+][C@H](c3ccco3)n3c(nc(C)cc3=O)N2)c1. The van der Waals surface area contributed by atoms with Gasteiger partial charge in [-0.3, -0.25) is 4.79 Å². The Bertz CT molecular complexity index is 1000. The van der Waals surface area contributed by atoms with Gasteiger partial charge in [0.2, 0.25) is 6.17 Å². The Labute approximate surface area is 144 Å². The molecule has 1 aliphatic rings. The van der Waals surface area contributed by atoms with E-state index in [4.69, 9.17) is 4.42 Å². The summed E-state index contributed by atoms with van der Waals surface area (Å²) < 4.78 is 7.05. The molecule has 0 amide bonds. The fourth-order valence-electron chi connectivity index (χ4n) is 2.87. The number of furan rings is 1. The van der Waals surface area contributed by atoms with Crippen LogP contribution in [0.25, 0.3) is 0 Å². The predicted octanol–water partition coefficient (Wildman–Crippen LogP) is 0.974. The molecule has 126 valence electrons. The number of aromatic nitrogens is 2. The maximum absolute atomic E-state index is 12.5. The summed E-state index contributed by atoms with van der Waals surface area (Å²) in [6.07, 6.45) is 1.10. The Hall–Kier alpha value is -3.35. The molecule has 0 saturated carbocycles. The number of hydrogen-bond acceptors (Lipinski definition) is 5. The molecule has 3 N–H and O–H groups in total. The molecule has 1 aliphatic heterocycles. The Morgan fingerprint density at radius 3 is 2.88 bits per heavy atom. The van der Waals surface area contributed by atoms with E-state index in [0.717, 1.165) is 11.3 Å². The van der Waals surface area contributed by atoms with Crippen LogP contribution in [0.4, 0.5) is 11.6 Å². The minimum atomic E-state index is -0.487. The number of benzene rings is 1. The molecule has 25 heavy (non-hydrogen) atoms. The highest BCUT2D eigenvalue weighted by molar-refractivity contribution is 5.99. The smallest absolute Gasteiger partial charge is 0.357 e. The second-order valence-corrected chi connectivity index (χ2v) is 5.99. The summed E-state index contributed by atoms with van der Waals surface area (Å²) in [5, 5.41) is 6.43. The van der Waals surface area contributed by atoms with Gasteiger partial charge in [-0.2, -0.15) is 0 Å². The molecule has 0 radical (unpaired) electrons. The molecule has 0 spiro atoms. The van der Waals surface area contributed by atoms with Gasteiger partial charge in [0.15, 0.2) is 5.76 Å². The fraction of sp³-hybridized carbons (Fsp3) is 0.167. The summed E-state index contributed by atoms with van der Waals surface area (Å²) in [6, 6.07) is 13.1. The van der Waals surface area contributed by atoms with Crippen LogP contribution in [0.1, 0.15) is 23.2 Å². The molecule has 0 aliphatic carbocycles. The normalized spacial score (nSPS) is 15.9. The average Bonchev–Trinajstić information content (AvgIpc) is 3.08. The average molecular weight is 336 g/mol. The minimum Gasteiger partial charge on any atom is -0.464 e. The summed E-state index contributed by atoms with van der Waals surface area (Å²) >= 11 is 0. The number of nitrogens with one attached hydrogen (secondary N) is 3. The molecule has 2 aromatic heterocycles. The number of anilines is 2. The van der Waals surface area contributed by atoms with Crippen molar-refractivity contribution in [3.63, 3.8) is 0 Å². The largest absolute Gasteiger partial charge is 0.464 e. The van der Waals surface area contributed by atoms with Crippen molar-refractivity contribution in [3.05, 3.63) is 76.1 Å². The predicted molar refractivity (Wildman–Crippen MR) is 94.5 cm³/mol. The van der Waals surface area contributed by atoms with Crippen molar-refractivity contribution in [2.75, 3.05) is 10.6 Å². The first-order chi connectivity index (χ1) is 12.1. The molecule has 0 unspecified atom stereocenters. The van der Waals surface area contributed by atoms with Crippen molar-refractivity contribution < 1.29 is 9.41 Å². The van der Waals surface area contributed by atoms with Crippen molar-refractivity contribution in [3.8, 4) is 0 Å². The second kappa shape index (κ2) is 5.94. The Kier molecular flexibility index (Phi) is 3.61. The van der Waals surface area contributed by atoms with Crippen LogP contribution >= 0.6 is 0 Å². The van der Waals surface area contributed by atoms with Crippen LogP contribution in [-0.4, -0.2) is 15.5 Å². The van der Waals surface area contributed by atoms with Gasteiger partial charge in [0, 0.05) is 11.8 Å². The number of hydrogen-bond donors (Lipinski definition) is 3. The molecular formula is C18H18N5O2+. The number of rotatable bonds is 2. The monoisotopic (exact) mass is 336 g/mol. The van der Waals surface area contributed by atoms with E-state index >= 15 is 0 Å². The van der Waals surface area contributed by atoms with Crippen LogP contribution in [0.2, 0.25) is 0 Å². The van der Waals surface area contributed by atoms with Crippen molar-refractivity contribution >= 4 is 17.6 Å². The maximum Gasteiger partial charge on any atom is 0.357 e. The lowest BCUT2D eigenvalue weighted by molar-refractivity contribution is -0.523. The first kappa shape index (κ1) is 15.2. The molecule has 1 atom stereocenters. The van der Waals surface area contributed by atoms with E-state index in [-0.39, 0.29) is 5.56 Å². The molecule has 0 bridgehead atoms. The third kappa shape index (κ3) is 2.91. The molecule has 4 rings (SSSR count). The van der Waals surface area contributed by atoms with Crippen LogP contribution in [0.15, 0.2) is 57.9 Å². The molecule has 1 aromatic carbocycles. The maximum atomic E-state index is 12.5. The first-order valence-corrected chi connectivity index (χ1v) is 7.98. The van der Waals surface area contributed by atoms with Crippen LogP contribution in [0.5, 0.6) is 0 Å². The summed E-state index contributed by atoms with van der Waals surface area (Å²) in [5.74, 6) is 1.71. The number of nitrogens with zero attached hydrogens (tertiary/aromatic N) is 2. The van der Waals surface area contributed by atoms with E-state index in [9.17, 15) is 4.79 Å². The van der Waals surface area contributed by atoms with Gasteiger partial charge in [-0.25, -0.2) is 25.2 Å². The van der Waals surface area contributed by atoms with Crippen LogP contribution in [0, 0.1) is 13.8 Å². The van der Waals surface area contributed by atoms with E-state index in [1.54, 1.807) is 19.3 Å². The lowest BCUT2D eigenvalue weighted by Gasteiger charge is -2.21. The van der Waals surface area contributed by atoms with Gasteiger partial charge in [0.1, 0.15) is 0 Å². The van der Waals surface area contributed by atoms with Crippen LogP contribution in [-0.2, 0) is 0 Å². The van der Waals surface area contributed by atoms with Crippen LogP contribution < -0.4 is 21.2 Å². The highest BCUT2D eigenvalue weighted by Crippen LogP contribution is 2.17. The highest BCUT2D eigenvalue weighted by Gasteiger charge is 2.30. The molecule has 7 nitrogen and oxygen atoms in total. The zero-order valence-electron chi connectivity index (χ0n) is 13.9. The summed E-state index contributed by atoms with van der Waals surface area (Å²) in [7, 11) is 0. The molecule has 0 saturated heterocycles. The van der Waals surface area contributed by atoms with Gasteiger partial charge in [-0.05, 0) is 43.7 Å². The van der Waals surface area contributed by atoms with Gasteiger partial charge in [-0.1, -0.05) is 12.1 Å². The molecular weight excluding hydrogens is 318 g/mol. The van der Waals surface area contributed by atoms with Gasteiger partial charge in [0.25, 0.3) is 11.5 Å². The molecule has 0 fully saturated rings. The van der Waals surface area contributed by atoms with E-state index < -0.39 is 6.17 Å². The minimum absolute atomic E-state index is 0.154. The fourth-order valence-corrected chi connectivity index (χ4v) is 2.87. The number of aryl methyl sites for hydroxylation is 2. The van der Waals surface area contributed by atoms with Crippen LogP contribution in [0.3, 0.4) is 0 Å². The lowest BCUT2D eigenvalue weighted by atomic mass is 10.2. The molecule has 7 heteroatoms. The van der Waals surface area contributed by atoms with Crippen molar-refractivity contribution in [2.24, 2.45) is 0 Å². The van der Waals surface area contributed by atoms with Crippen molar-refractivity contribution in [1.82, 2.24) is 9.55 Å². The molecule has 3 heterocycles. The third-order valence-corrected chi connectivity index (χ3v) is 3.96. The first-order valence-electron chi connectivity index (χ1n) is 7.98. The number of guanidine groups is 1. The summed E-state index contributed by atoms with van der Waals surface area (Å²) in [6.45, 7) is 3.82.